The molecule has 0 spiro atoms. The number of ether oxygens (including phenoxy) is 1. The predicted molar refractivity (Wildman–Crippen MR) is 107 cm³/mol. The highest BCUT2D eigenvalue weighted by Crippen LogP contribution is 2.36. The molecule has 140 valence electrons. The number of rotatable bonds is 7. The van der Waals surface area contributed by atoms with E-state index in [2.05, 4.69) is 17.3 Å². The van der Waals surface area contributed by atoms with E-state index in [1.165, 1.54) is 0 Å². The Morgan fingerprint density at radius 3 is 1.96 bits per heavy atom. The minimum atomic E-state index is -0.831. The summed E-state index contributed by atoms with van der Waals surface area (Å²) in [6, 6.07) is 22.8. The summed E-state index contributed by atoms with van der Waals surface area (Å²) in [5, 5.41) is 14.4. The number of fused-ring (bicyclic) bond motifs is 3. The van der Waals surface area contributed by atoms with E-state index in [0.717, 1.165) is 34.3 Å². The van der Waals surface area contributed by atoms with E-state index in [4.69, 9.17) is 9.57 Å². The second kappa shape index (κ2) is 8.06. The first-order chi connectivity index (χ1) is 13.8. The van der Waals surface area contributed by atoms with Crippen molar-refractivity contribution in [1.29, 1.82) is 0 Å². The Hall–Kier alpha value is -3.44. The van der Waals surface area contributed by atoms with Crippen molar-refractivity contribution in [3.8, 4) is 16.9 Å². The average molecular weight is 373 g/mol. The van der Waals surface area contributed by atoms with Crippen LogP contribution in [0.15, 0.2) is 78.0 Å². The van der Waals surface area contributed by atoms with E-state index >= 15 is 0 Å². The number of hydrogen-bond donors (Lipinski definition) is 1. The Bertz CT molecular complexity index is 964. The molecule has 1 N–H and O–H groups in total. The second-order valence-electron chi connectivity index (χ2n) is 6.48. The van der Waals surface area contributed by atoms with Crippen LogP contribution >= 0.6 is 0 Å². The number of nitrogens with zero attached hydrogens (tertiary/aromatic N) is 1. The molecule has 1 aliphatic carbocycles. The van der Waals surface area contributed by atoms with Crippen molar-refractivity contribution in [1.82, 2.24) is 0 Å². The molecular formula is C23H19NO4. The van der Waals surface area contributed by atoms with E-state index in [9.17, 15) is 9.90 Å². The number of aliphatic hydroxyl groups is 1. The molecule has 1 atom stereocenters. The summed E-state index contributed by atoms with van der Waals surface area (Å²) in [4.78, 5) is 16.1. The summed E-state index contributed by atoms with van der Waals surface area (Å²) < 4.78 is 5.51. The van der Waals surface area contributed by atoms with Crippen LogP contribution in [-0.4, -0.2) is 36.4 Å². The third kappa shape index (κ3) is 3.66. The minimum Gasteiger partial charge on any atom is -0.491 e. The zero-order valence-electron chi connectivity index (χ0n) is 15.1. The van der Waals surface area contributed by atoms with Crippen LogP contribution in [0, 0.1) is 0 Å². The van der Waals surface area contributed by atoms with Crippen LogP contribution in [0.4, 0.5) is 0 Å². The summed E-state index contributed by atoms with van der Waals surface area (Å²) in [7, 11) is 0. The highest BCUT2D eigenvalue weighted by atomic mass is 16.6. The number of carbonyl (C=O) groups is 1. The average Bonchev–Trinajstić information content (AvgIpc) is 3.07. The lowest BCUT2D eigenvalue weighted by Crippen LogP contribution is -2.22. The van der Waals surface area contributed by atoms with Gasteiger partial charge < -0.3 is 14.7 Å². The number of aldehydes is 1. The van der Waals surface area contributed by atoms with Gasteiger partial charge in [0.2, 0.25) is 0 Å². The first-order valence-electron chi connectivity index (χ1n) is 9.01. The van der Waals surface area contributed by atoms with Crippen LogP contribution in [0.25, 0.3) is 11.1 Å². The summed E-state index contributed by atoms with van der Waals surface area (Å²) in [5.41, 5.74) is 5.63. The maximum absolute atomic E-state index is 10.7. The molecule has 0 amide bonds. The fourth-order valence-electron chi connectivity index (χ4n) is 3.16. The Morgan fingerprint density at radius 1 is 0.821 bits per heavy atom. The quantitative estimate of drug-likeness (QED) is 0.396. The molecule has 3 aromatic rings. The molecule has 0 bridgehead atoms. The third-order valence-corrected chi connectivity index (χ3v) is 4.54. The zero-order valence-corrected chi connectivity index (χ0v) is 15.1. The maximum atomic E-state index is 10.7. The van der Waals surface area contributed by atoms with Gasteiger partial charge in [-0.05, 0) is 35.4 Å². The topological polar surface area (TPSA) is 68.1 Å². The summed E-state index contributed by atoms with van der Waals surface area (Å²) in [6.07, 6.45) is -0.0627. The van der Waals surface area contributed by atoms with Crippen molar-refractivity contribution in [2.75, 3.05) is 13.2 Å². The van der Waals surface area contributed by atoms with Gasteiger partial charge >= 0.3 is 0 Å². The molecule has 3 aromatic carbocycles. The number of oxime groups is 1. The van der Waals surface area contributed by atoms with E-state index < -0.39 is 6.10 Å². The Morgan fingerprint density at radius 2 is 1.39 bits per heavy atom. The first kappa shape index (κ1) is 17.9. The molecule has 0 radical (unpaired) electrons. The van der Waals surface area contributed by atoms with Crippen molar-refractivity contribution < 1.29 is 19.5 Å². The maximum Gasteiger partial charge on any atom is 0.150 e. The van der Waals surface area contributed by atoms with Crippen molar-refractivity contribution in [3.05, 3.63) is 89.5 Å². The summed E-state index contributed by atoms with van der Waals surface area (Å²) in [5.74, 6) is 0.578. The number of carbonyl (C=O) groups excluding carboxylic acids is 1. The molecule has 4 rings (SSSR count). The van der Waals surface area contributed by atoms with Gasteiger partial charge in [-0.25, -0.2) is 0 Å². The molecular weight excluding hydrogens is 354 g/mol. The third-order valence-electron chi connectivity index (χ3n) is 4.54. The second-order valence-corrected chi connectivity index (χ2v) is 6.48. The molecule has 0 fully saturated rings. The van der Waals surface area contributed by atoms with Crippen molar-refractivity contribution in [2.45, 2.75) is 6.10 Å². The largest absolute Gasteiger partial charge is 0.491 e. The monoisotopic (exact) mass is 373 g/mol. The molecule has 5 nitrogen and oxygen atoms in total. The van der Waals surface area contributed by atoms with E-state index in [1.54, 1.807) is 24.3 Å². The lowest BCUT2D eigenvalue weighted by atomic mass is 10.1. The lowest BCUT2D eigenvalue weighted by Gasteiger charge is -2.11. The molecule has 0 saturated carbocycles. The van der Waals surface area contributed by atoms with Gasteiger partial charge in [0, 0.05) is 16.7 Å². The molecule has 0 saturated heterocycles. The summed E-state index contributed by atoms with van der Waals surface area (Å²) >= 11 is 0. The smallest absolute Gasteiger partial charge is 0.150 e. The molecule has 0 heterocycles. The van der Waals surface area contributed by atoms with Crippen LogP contribution < -0.4 is 4.74 Å². The Kier molecular flexibility index (Phi) is 5.17. The first-order valence-corrected chi connectivity index (χ1v) is 9.01. The predicted octanol–water partition coefficient (Wildman–Crippen LogP) is 3.69. The molecule has 28 heavy (non-hydrogen) atoms. The highest BCUT2D eigenvalue weighted by molar-refractivity contribution is 6.24. The van der Waals surface area contributed by atoms with Gasteiger partial charge in [-0.3, -0.25) is 4.79 Å². The minimum absolute atomic E-state index is 0.0141. The van der Waals surface area contributed by atoms with Crippen LogP contribution in [0.2, 0.25) is 0 Å². The van der Waals surface area contributed by atoms with Crippen LogP contribution in [0.1, 0.15) is 21.5 Å². The van der Waals surface area contributed by atoms with Crippen molar-refractivity contribution in [2.24, 2.45) is 5.16 Å². The van der Waals surface area contributed by atoms with Crippen molar-refractivity contribution >= 4 is 12.0 Å². The van der Waals surface area contributed by atoms with E-state index in [1.807, 2.05) is 36.4 Å². The van der Waals surface area contributed by atoms with Gasteiger partial charge in [0.1, 0.15) is 37.1 Å². The molecule has 0 aliphatic heterocycles. The van der Waals surface area contributed by atoms with E-state index in [0.29, 0.717) is 11.3 Å². The Balaban J connectivity index is 1.38. The standard InChI is InChI=1S/C23H19NO4/c25-13-16-9-11-18(12-10-16)27-14-17(26)15-28-24-23-21-7-3-1-5-19(21)20-6-2-4-8-22(20)23/h1-13,17,26H,14-15H2. The lowest BCUT2D eigenvalue weighted by molar-refractivity contribution is 0.0144. The fourth-order valence-corrected chi connectivity index (χ4v) is 3.16. The molecule has 1 unspecified atom stereocenters. The normalized spacial score (nSPS) is 12.7. The van der Waals surface area contributed by atoms with Crippen LogP contribution in [0.3, 0.4) is 0 Å². The van der Waals surface area contributed by atoms with Gasteiger partial charge in [0.15, 0.2) is 0 Å². The summed E-state index contributed by atoms with van der Waals surface area (Å²) in [6.45, 7) is 0.0821. The van der Waals surface area contributed by atoms with Crippen LogP contribution in [-0.2, 0) is 4.84 Å². The number of hydrogen-bond acceptors (Lipinski definition) is 5. The number of aliphatic hydroxyl groups excluding tert-OH is 1. The van der Waals surface area contributed by atoms with Gasteiger partial charge in [0.25, 0.3) is 0 Å². The van der Waals surface area contributed by atoms with Gasteiger partial charge in [-0.15, -0.1) is 0 Å². The fraction of sp³-hybridized carbons (Fsp3) is 0.130. The Labute approximate surface area is 162 Å². The van der Waals surface area contributed by atoms with Gasteiger partial charge in [0.05, 0.1) is 0 Å². The number of benzene rings is 3. The zero-order chi connectivity index (χ0) is 19.3. The molecule has 0 aromatic heterocycles. The van der Waals surface area contributed by atoms with Gasteiger partial charge in [-0.2, -0.15) is 0 Å². The van der Waals surface area contributed by atoms with Gasteiger partial charge in [-0.1, -0.05) is 53.7 Å². The molecule has 1 aliphatic rings. The van der Waals surface area contributed by atoms with Crippen molar-refractivity contribution in [3.63, 3.8) is 0 Å². The SMILES string of the molecule is O=Cc1ccc(OCC(O)CON=C2c3ccccc3-c3ccccc32)cc1. The van der Waals surface area contributed by atoms with E-state index in [-0.39, 0.29) is 13.2 Å². The highest BCUT2D eigenvalue weighted by Gasteiger charge is 2.24. The van der Waals surface area contributed by atoms with Crippen LogP contribution in [0.5, 0.6) is 5.75 Å². The molecule has 5 heteroatoms.